The van der Waals surface area contributed by atoms with Crippen molar-refractivity contribution < 1.29 is 9.90 Å². The van der Waals surface area contributed by atoms with Crippen molar-refractivity contribution in [1.29, 1.82) is 0 Å². The number of nitrogens with one attached hydrogen (secondary N) is 1. The molecule has 20 heavy (non-hydrogen) atoms. The van der Waals surface area contributed by atoms with E-state index in [1.807, 2.05) is 24.3 Å². The molecule has 1 aliphatic rings. The van der Waals surface area contributed by atoms with E-state index < -0.39 is 0 Å². The van der Waals surface area contributed by atoms with Gasteiger partial charge in [-0.2, -0.15) is 0 Å². The third-order valence-electron chi connectivity index (χ3n) is 3.86. The van der Waals surface area contributed by atoms with Gasteiger partial charge >= 0.3 is 0 Å². The largest absolute Gasteiger partial charge is 0.396 e. The molecule has 0 radical (unpaired) electrons. The van der Waals surface area contributed by atoms with Gasteiger partial charge in [0.25, 0.3) is 5.91 Å². The molecule has 1 fully saturated rings. The number of carbonyl (C=O) groups excluding carboxylic acids is 1. The Bertz CT molecular complexity index is 617. The Morgan fingerprint density at radius 3 is 2.90 bits per heavy atom. The highest BCUT2D eigenvalue weighted by Gasteiger charge is 2.32. The van der Waals surface area contributed by atoms with Gasteiger partial charge in [-0.25, -0.2) is 0 Å². The van der Waals surface area contributed by atoms with E-state index in [0.717, 1.165) is 23.6 Å². The van der Waals surface area contributed by atoms with Gasteiger partial charge in [-0.15, -0.1) is 0 Å². The molecule has 0 saturated heterocycles. The van der Waals surface area contributed by atoms with E-state index in [9.17, 15) is 4.79 Å². The third kappa shape index (κ3) is 2.65. The smallest absolute Gasteiger partial charge is 0.253 e. The van der Waals surface area contributed by atoms with Crippen molar-refractivity contribution in [2.75, 3.05) is 6.61 Å². The number of carbonyl (C=O) groups is 1. The van der Waals surface area contributed by atoms with Crippen molar-refractivity contribution in [2.24, 2.45) is 5.92 Å². The minimum atomic E-state index is -0.0975. The zero-order valence-corrected chi connectivity index (χ0v) is 11.2. The van der Waals surface area contributed by atoms with Gasteiger partial charge in [-0.3, -0.25) is 9.78 Å². The molecule has 1 atom stereocenters. The van der Waals surface area contributed by atoms with Gasteiger partial charge < -0.3 is 10.4 Å². The predicted molar refractivity (Wildman–Crippen MR) is 77.4 cm³/mol. The maximum atomic E-state index is 12.4. The van der Waals surface area contributed by atoms with Gasteiger partial charge in [0.05, 0.1) is 5.56 Å². The van der Waals surface area contributed by atoms with Crippen molar-refractivity contribution in [3.05, 3.63) is 42.2 Å². The second-order valence-corrected chi connectivity index (χ2v) is 5.34. The van der Waals surface area contributed by atoms with Crippen molar-refractivity contribution >= 4 is 16.7 Å². The summed E-state index contributed by atoms with van der Waals surface area (Å²) in [7, 11) is 0. The quantitative estimate of drug-likeness (QED) is 0.875. The van der Waals surface area contributed by atoms with Crippen molar-refractivity contribution in [3.63, 3.8) is 0 Å². The summed E-state index contributed by atoms with van der Waals surface area (Å²) in [6, 6.07) is 7.82. The van der Waals surface area contributed by atoms with Crippen LogP contribution in [0.4, 0.5) is 0 Å². The summed E-state index contributed by atoms with van der Waals surface area (Å²) in [6.45, 7) is 0.106. The summed E-state index contributed by atoms with van der Waals surface area (Å²) in [5.74, 6) is 0.425. The number of aliphatic hydroxyl groups is 1. The Kier molecular flexibility index (Phi) is 3.65. The van der Waals surface area contributed by atoms with E-state index in [4.69, 9.17) is 5.11 Å². The van der Waals surface area contributed by atoms with Gasteiger partial charge in [-0.05, 0) is 30.6 Å². The number of rotatable bonds is 5. The fourth-order valence-electron chi connectivity index (χ4n) is 2.61. The Hall–Kier alpha value is -1.94. The molecular weight excluding hydrogens is 252 g/mol. The van der Waals surface area contributed by atoms with Crippen molar-refractivity contribution in [2.45, 2.75) is 25.3 Å². The molecule has 3 rings (SSSR count). The molecule has 1 unspecified atom stereocenters. The fourth-order valence-corrected chi connectivity index (χ4v) is 2.61. The molecule has 0 spiro atoms. The highest BCUT2D eigenvalue weighted by Crippen LogP contribution is 2.34. The second-order valence-electron chi connectivity index (χ2n) is 5.34. The first-order chi connectivity index (χ1) is 9.79. The van der Waals surface area contributed by atoms with Crippen LogP contribution >= 0.6 is 0 Å². The number of hydrogen-bond donors (Lipinski definition) is 2. The Morgan fingerprint density at radius 1 is 1.35 bits per heavy atom. The van der Waals surface area contributed by atoms with E-state index in [2.05, 4.69) is 10.3 Å². The van der Waals surface area contributed by atoms with Crippen LogP contribution in [0.15, 0.2) is 36.7 Å². The van der Waals surface area contributed by atoms with Crippen LogP contribution in [0.3, 0.4) is 0 Å². The molecule has 2 aromatic rings. The lowest BCUT2D eigenvalue weighted by Crippen LogP contribution is -2.37. The second kappa shape index (κ2) is 5.59. The van der Waals surface area contributed by atoms with Crippen LogP contribution in [0, 0.1) is 5.92 Å². The number of aromatic nitrogens is 1. The Morgan fingerprint density at radius 2 is 2.15 bits per heavy atom. The Labute approximate surface area is 117 Å². The summed E-state index contributed by atoms with van der Waals surface area (Å²) in [4.78, 5) is 16.6. The number of fused-ring (bicyclic) bond motifs is 1. The normalized spacial score (nSPS) is 16.1. The molecule has 0 aliphatic heterocycles. The minimum Gasteiger partial charge on any atom is -0.396 e. The highest BCUT2D eigenvalue weighted by molar-refractivity contribution is 6.06. The molecule has 4 nitrogen and oxygen atoms in total. The summed E-state index contributed by atoms with van der Waals surface area (Å²) >= 11 is 0. The van der Waals surface area contributed by atoms with E-state index in [0.29, 0.717) is 17.9 Å². The number of aliphatic hydroxyl groups excluding tert-OH is 1. The third-order valence-corrected chi connectivity index (χ3v) is 3.86. The van der Waals surface area contributed by atoms with E-state index in [1.54, 1.807) is 12.4 Å². The number of nitrogens with zero attached hydrogens (tertiary/aromatic N) is 1. The SMILES string of the molecule is O=C(NC(CCO)C1CC1)c1cncc2ccccc12. The Balaban J connectivity index is 1.84. The molecule has 1 aliphatic carbocycles. The topological polar surface area (TPSA) is 62.2 Å². The molecule has 2 N–H and O–H groups in total. The summed E-state index contributed by atoms with van der Waals surface area (Å²) in [5, 5.41) is 14.0. The van der Waals surface area contributed by atoms with Crippen LogP contribution in [0.25, 0.3) is 10.8 Å². The number of hydrogen-bond acceptors (Lipinski definition) is 3. The first kappa shape index (κ1) is 13.1. The lowest BCUT2D eigenvalue weighted by Gasteiger charge is -2.17. The lowest BCUT2D eigenvalue weighted by atomic mass is 10.1. The van der Waals surface area contributed by atoms with Crippen LogP contribution in [0.5, 0.6) is 0 Å². The molecule has 0 bridgehead atoms. The van der Waals surface area contributed by atoms with Gasteiger partial charge in [0, 0.05) is 30.4 Å². The van der Waals surface area contributed by atoms with Crippen LogP contribution in [-0.4, -0.2) is 28.6 Å². The molecule has 104 valence electrons. The average molecular weight is 270 g/mol. The van der Waals surface area contributed by atoms with Crippen LogP contribution in [0.1, 0.15) is 29.6 Å². The molecule has 4 heteroatoms. The number of pyridine rings is 1. The van der Waals surface area contributed by atoms with E-state index in [1.165, 1.54) is 0 Å². The van der Waals surface area contributed by atoms with Gasteiger partial charge in [0.1, 0.15) is 0 Å². The van der Waals surface area contributed by atoms with Crippen LogP contribution in [0.2, 0.25) is 0 Å². The van der Waals surface area contributed by atoms with E-state index in [-0.39, 0.29) is 18.6 Å². The average Bonchev–Trinajstić information content (AvgIpc) is 3.31. The van der Waals surface area contributed by atoms with Gasteiger partial charge in [0.2, 0.25) is 0 Å². The molecule has 1 amide bonds. The van der Waals surface area contributed by atoms with E-state index >= 15 is 0 Å². The number of benzene rings is 1. The summed E-state index contributed by atoms with van der Waals surface area (Å²) in [5.41, 5.74) is 0.603. The van der Waals surface area contributed by atoms with Crippen LogP contribution < -0.4 is 5.32 Å². The molecular formula is C16H18N2O2. The number of amides is 1. The first-order valence-corrected chi connectivity index (χ1v) is 7.04. The maximum absolute atomic E-state index is 12.4. The van der Waals surface area contributed by atoms with Crippen molar-refractivity contribution in [1.82, 2.24) is 10.3 Å². The van der Waals surface area contributed by atoms with Gasteiger partial charge in [-0.1, -0.05) is 24.3 Å². The fraction of sp³-hybridized carbons (Fsp3) is 0.375. The zero-order chi connectivity index (χ0) is 13.9. The molecule has 1 saturated carbocycles. The standard InChI is InChI=1S/C16H18N2O2/c19-8-7-15(11-5-6-11)18-16(20)14-10-17-9-12-3-1-2-4-13(12)14/h1-4,9-11,15,19H,5-8H2,(H,18,20). The summed E-state index contributed by atoms with van der Waals surface area (Å²) in [6.07, 6.45) is 6.27. The minimum absolute atomic E-state index is 0.0754. The lowest BCUT2D eigenvalue weighted by molar-refractivity contribution is 0.0925. The monoisotopic (exact) mass is 270 g/mol. The maximum Gasteiger partial charge on any atom is 0.253 e. The molecule has 1 aromatic heterocycles. The molecule has 1 aromatic carbocycles. The highest BCUT2D eigenvalue weighted by atomic mass is 16.3. The predicted octanol–water partition coefficient (Wildman–Crippen LogP) is 2.13. The van der Waals surface area contributed by atoms with Crippen LogP contribution in [-0.2, 0) is 0 Å². The molecule has 1 heterocycles. The summed E-state index contributed by atoms with van der Waals surface area (Å²) < 4.78 is 0. The first-order valence-electron chi connectivity index (χ1n) is 7.04. The zero-order valence-electron chi connectivity index (χ0n) is 11.2. The van der Waals surface area contributed by atoms with Gasteiger partial charge in [0.15, 0.2) is 0 Å². The van der Waals surface area contributed by atoms with Crippen molar-refractivity contribution in [3.8, 4) is 0 Å².